The van der Waals surface area contributed by atoms with E-state index in [4.69, 9.17) is 5.73 Å². The number of sulfonamides is 1. The third-order valence-electron chi connectivity index (χ3n) is 3.85. The van der Waals surface area contributed by atoms with Crippen molar-refractivity contribution in [3.8, 4) is 0 Å². The van der Waals surface area contributed by atoms with Crippen LogP contribution in [0.15, 0.2) is 24.3 Å². The molecule has 5 heteroatoms. The molecule has 0 spiro atoms. The van der Waals surface area contributed by atoms with E-state index in [1.54, 1.807) is 7.05 Å². The second kappa shape index (κ2) is 5.61. The van der Waals surface area contributed by atoms with Gasteiger partial charge in [0, 0.05) is 20.1 Å². The average Bonchev–Trinajstić information content (AvgIpc) is 3.05. The summed E-state index contributed by atoms with van der Waals surface area (Å²) >= 11 is 0. The highest BCUT2D eigenvalue weighted by Crippen LogP contribution is 2.38. The van der Waals surface area contributed by atoms with E-state index in [0.29, 0.717) is 24.9 Å². The summed E-state index contributed by atoms with van der Waals surface area (Å²) in [6.07, 6.45) is 1.14. The van der Waals surface area contributed by atoms with E-state index >= 15 is 0 Å². The van der Waals surface area contributed by atoms with Gasteiger partial charge < -0.3 is 5.73 Å². The van der Waals surface area contributed by atoms with E-state index in [9.17, 15) is 8.42 Å². The maximum absolute atomic E-state index is 12.2. The zero-order chi connectivity index (χ0) is 14.0. The lowest BCUT2D eigenvalue weighted by atomic mass is 10.1. The summed E-state index contributed by atoms with van der Waals surface area (Å²) in [6, 6.07) is 7.45. The van der Waals surface area contributed by atoms with E-state index in [-0.39, 0.29) is 5.75 Å². The molecule has 1 aliphatic carbocycles. The Balaban J connectivity index is 1.98. The molecule has 0 aromatic heterocycles. The second-order valence-corrected chi connectivity index (χ2v) is 7.61. The Morgan fingerprint density at radius 3 is 2.26 bits per heavy atom. The molecule has 0 radical (unpaired) electrons. The van der Waals surface area contributed by atoms with Crippen LogP contribution in [0.2, 0.25) is 0 Å². The lowest BCUT2D eigenvalue weighted by Crippen LogP contribution is -2.30. The first-order valence-corrected chi connectivity index (χ1v) is 8.25. The van der Waals surface area contributed by atoms with Crippen molar-refractivity contribution in [3.05, 3.63) is 35.4 Å². The standard InChI is InChI=1S/C14H22N2O2S/c1-11-7-14(11)9-16(2)19(17,18)10-13-5-3-12(8-15)4-6-13/h3-6,11,14H,7-10,15H2,1-2H3. The van der Waals surface area contributed by atoms with Crippen LogP contribution in [0.1, 0.15) is 24.5 Å². The van der Waals surface area contributed by atoms with E-state index < -0.39 is 10.0 Å². The van der Waals surface area contributed by atoms with Gasteiger partial charge in [0.15, 0.2) is 0 Å². The van der Waals surface area contributed by atoms with Crippen molar-refractivity contribution in [2.75, 3.05) is 13.6 Å². The van der Waals surface area contributed by atoms with Gasteiger partial charge in [-0.3, -0.25) is 0 Å². The number of hydrogen-bond donors (Lipinski definition) is 1. The zero-order valence-corrected chi connectivity index (χ0v) is 12.4. The van der Waals surface area contributed by atoms with Crippen LogP contribution in [0.25, 0.3) is 0 Å². The fourth-order valence-corrected chi connectivity index (χ4v) is 3.44. The van der Waals surface area contributed by atoms with Gasteiger partial charge in [-0.15, -0.1) is 0 Å². The van der Waals surface area contributed by atoms with Crippen LogP contribution in [0.3, 0.4) is 0 Å². The Bertz CT molecular complexity index is 525. The van der Waals surface area contributed by atoms with Crippen LogP contribution >= 0.6 is 0 Å². The molecule has 2 N–H and O–H groups in total. The summed E-state index contributed by atoms with van der Waals surface area (Å²) in [5.41, 5.74) is 7.35. The van der Waals surface area contributed by atoms with Gasteiger partial charge in [0.05, 0.1) is 5.75 Å². The van der Waals surface area contributed by atoms with E-state index in [0.717, 1.165) is 17.5 Å². The maximum atomic E-state index is 12.2. The average molecular weight is 282 g/mol. The second-order valence-electron chi connectivity index (χ2n) is 5.53. The summed E-state index contributed by atoms with van der Waals surface area (Å²) in [6.45, 7) is 3.29. The predicted molar refractivity (Wildman–Crippen MR) is 76.9 cm³/mol. The summed E-state index contributed by atoms with van der Waals surface area (Å²) < 4.78 is 25.9. The van der Waals surface area contributed by atoms with Crippen molar-refractivity contribution < 1.29 is 8.42 Å². The smallest absolute Gasteiger partial charge is 0.218 e. The molecule has 19 heavy (non-hydrogen) atoms. The lowest BCUT2D eigenvalue weighted by molar-refractivity contribution is 0.444. The van der Waals surface area contributed by atoms with Crippen LogP contribution in [-0.4, -0.2) is 26.3 Å². The first-order chi connectivity index (χ1) is 8.92. The first kappa shape index (κ1) is 14.5. The fraction of sp³-hybridized carbons (Fsp3) is 0.571. The zero-order valence-electron chi connectivity index (χ0n) is 11.5. The summed E-state index contributed by atoms with van der Waals surface area (Å²) in [5, 5.41) is 0. The van der Waals surface area contributed by atoms with Gasteiger partial charge in [-0.25, -0.2) is 12.7 Å². The lowest BCUT2D eigenvalue weighted by Gasteiger charge is -2.17. The van der Waals surface area contributed by atoms with Crippen LogP contribution in [0.5, 0.6) is 0 Å². The van der Waals surface area contributed by atoms with Gasteiger partial charge in [-0.1, -0.05) is 31.2 Å². The molecule has 1 aromatic rings. The number of nitrogens with two attached hydrogens (primary N) is 1. The predicted octanol–water partition coefficient (Wildman–Crippen LogP) is 1.56. The molecule has 0 aliphatic heterocycles. The highest BCUT2D eigenvalue weighted by Gasteiger charge is 2.35. The van der Waals surface area contributed by atoms with Crippen molar-refractivity contribution >= 4 is 10.0 Å². The van der Waals surface area contributed by atoms with Gasteiger partial charge in [0.1, 0.15) is 0 Å². The monoisotopic (exact) mass is 282 g/mol. The number of hydrogen-bond acceptors (Lipinski definition) is 3. The highest BCUT2D eigenvalue weighted by atomic mass is 32.2. The minimum atomic E-state index is -3.21. The van der Waals surface area contributed by atoms with E-state index in [1.165, 1.54) is 4.31 Å². The molecule has 1 aromatic carbocycles. The normalized spacial score (nSPS) is 22.7. The van der Waals surface area contributed by atoms with Gasteiger partial charge >= 0.3 is 0 Å². The summed E-state index contributed by atoms with van der Waals surface area (Å²) in [5.74, 6) is 1.27. The summed E-state index contributed by atoms with van der Waals surface area (Å²) in [4.78, 5) is 0. The molecule has 2 rings (SSSR count). The highest BCUT2D eigenvalue weighted by molar-refractivity contribution is 7.88. The molecule has 2 unspecified atom stereocenters. The quantitative estimate of drug-likeness (QED) is 0.861. The molecule has 1 fully saturated rings. The molecule has 1 aliphatic rings. The van der Waals surface area contributed by atoms with Gasteiger partial charge in [0.2, 0.25) is 10.0 Å². The molecular formula is C14H22N2O2S. The van der Waals surface area contributed by atoms with Crippen molar-refractivity contribution in [3.63, 3.8) is 0 Å². The Labute approximate surface area is 115 Å². The fourth-order valence-electron chi connectivity index (χ4n) is 2.19. The van der Waals surface area contributed by atoms with E-state index in [1.807, 2.05) is 24.3 Å². The number of rotatable bonds is 6. The van der Waals surface area contributed by atoms with Crippen LogP contribution < -0.4 is 5.73 Å². The topological polar surface area (TPSA) is 63.4 Å². The van der Waals surface area contributed by atoms with Gasteiger partial charge in [0.25, 0.3) is 0 Å². The minimum Gasteiger partial charge on any atom is -0.326 e. The molecule has 106 valence electrons. The Kier molecular flexibility index (Phi) is 4.28. The third kappa shape index (κ3) is 3.78. The maximum Gasteiger partial charge on any atom is 0.218 e. The van der Waals surface area contributed by atoms with Gasteiger partial charge in [-0.05, 0) is 29.4 Å². The van der Waals surface area contributed by atoms with Crippen LogP contribution in [0, 0.1) is 11.8 Å². The first-order valence-electron chi connectivity index (χ1n) is 6.64. The molecule has 0 bridgehead atoms. The minimum absolute atomic E-state index is 0.0649. The van der Waals surface area contributed by atoms with Crippen LogP contribution in [0.4, 0.5) is 0 Å². The molecular weight excluding hydrogens is 260 g/mol. The summed E-state index contributed by atoms with van der Waals surface area (Å²) in [7, 11) is -1.53. The number of benzene rings is 1. The molecule has 1 saturated carbocycles. The van der Waals surface area contributed by atoms with E-state index in [2.05, 4.69) is 6.92 Å². The molecule has 0 saturated heterocycles. The van der Waals surface area contributed by atoms with Crippen molar-refractivity contribution in [2.45, 2.75) is 25.6 Å². The molecule has 0 heterocycles. The van der Waals surface area contributed by atoms with Crippen molar-refractivity contribution in [1.82, 2.24) is 4.31 Å². The SMILES string of the molecule is CC1CC1CN(C)S(=O)(=O)Cc1ccc(CN)cc1. The molecule has 0 amide bonds. The van der Waals surface area contributed by atoms with Gasteiger partial charge in [-0.2, -0.15) is 0 Å². The third-order valence-corrected chi connectivity index (χ3v) is 5.65. The largest absolute Gasteiger partial charge is 0.326 e. The molecule has 4 nitrogen and oxygen atoms in total. The Morgan fingerprint density at radius 1 is 1.26 bits per heavy atom. The van der Waals surface area contributed by atoms with Crippen molar-refractivity contribution in [1.29, 1.82) is 0 Å². The van der Waals surface area contributed by atoms with Crippen LogP contribution in [-0.2, 0) is 22.3 Å². The molecule has 2 atom stereocenters. The Hall–Kier alpha value is -0.910. The Morgan fingerprint density at radius 2 is 1.79 bits per heavy atom. The van der Waals surface area contributed by atoms with Crippen molar-refractivity contribution in [2.24, 2.45) is 17.6 Å². The number of nitrogens with zero attached hydrogens (tertiary/aromatic N) is 1.